The van der Waals surface area contributed by atoms with Gasteiger partial charge in [-0.1, -0.05) is 33.1 Å². The average Bonchev–Trinajstić information content (AvgIpc) is 2.33. The normalized spacial score (nSPS) is 33.5. The highest BCUT2D eigenvalue weighted by molar-refractivity contribution is 5.86. The molecule has 2 aliphatic rings. The second kappa shape index (κ2) is 4.97. The molecule has 2 fully saturated rings. The van der Waals surface area contributed by atoms with Crippen molar-refractivity contribution in [3.8, 4) is 0 Å². The van der Waals surface area contributed by atoms with Gasteiger partial charge in [-0.25, -0.2) is 0 Å². The molecule has 2 atom stereocenters. The van der Waals surface area contributed by atoms with Crippen molar-refractivity contribution in [1.29, 1.82) is 0 Å². The summed E-state index contributed by atoms with van der Waals surface area (Å²) in [5, 5.41) is 0. The monoisotopic (exact) mass is 238 g/mol. The zero-order chi connectivity index (χ0) is 12.5. The molecule has 1 aliphatic carbocycles. The number of rotatable bonds is 1. The van der Waals surface area contributed by atoms with Gasteiger partial charge in [0.25, 0.3) is 0 Å². The summed E-state index contributed by atoms with van der Waals surface area (Å²) in [6.07, 6.45) is 6.35. The largest absolute Gasteiger partial charge is 0.341 e. The smallest absolute Gasteiger partial charge is 0.242 e. The van der Waals surface area contributed by atoms with Gasteiger partial charge in [0.05, 0.1) is 5.54 Å². The van der Waals surface area contributed by atoms with Gasteiger partial charge in [-0.15, -0.1) is 0 Å². The molecule has 1 amide bonds. The first-order valence-electron chi connectivity index (χ1n) is 7.11. The first-order valence-corrected chi connectivity index (χ1v) is 7.11. The zero-order valence-corrected chi connectivity index (χ0v) is 11.2. The molecule has 2 rings (SSSR count). The molecule has 98 valence electrons. The maximum atomic E-state index is 12.5. The number of carbonyl (C=O) groups excluding carboxylic acids is 1. The van der Waals surface area contributed by atoms with Crippen LogP contribution in [0.2, 0.25) is 0 Å². The molecule has 1 saturated heterocycles. The van der Waals surface area contributed by atoms with Gasteiger partial charge in [-0.3, -0.25) is 4.79 Å². The highest BCUT2D eigenvalue weighted by atomic mass is 16.2. The quantitative estimate of drug-likeness (QED) is 0.761. The van der Waals surface area contributed by atoms with Gasteiger partial charge >= 0.3 is 0 Å². The molecule has 3 nitrogen and oxygen atoms in total. The summed E-state index contributed by atoms with van der Waals surface area (Å²) in [5.41, 5.74) is 5.78. The molecule has 1 heterocycles. The third kappa shape index (κ3) is 2.65. The van der Waals surface area contributed by atoms with Crippen LogP contribution in [-0.2, 0) is 4.79 Å². The predicted octanol–water partition coefficient (Wildman–Crippen LogP) is 2.15. The fourth-order valence-electron chi connectivity index (χ4n) is 3.16. The maximum Gasteiger partial charge on any atom is 0.242 e. The molecule has 0 bridgehead atoms. The lowest BCUT2D eigenvalue weighted by molar-refractivity contribution is -0.140. The number of carbonyl (C=O) groups is 1. The van der Waals surface area contributed by atoms with Crippen LogP contribution in [0, 0.1) is 11.8 Å². The summed E-state index contributed by atoms with van der Waals surface area (Å²) in [5.74, 6) is 1.56. The lowest BCUT2D eigenvalue weighted by Gasteiger charge is -2.41. The Labute approximate surface area is 105 Å². The summed E-state index contributed by atoms with van der Waals surface area (Å²) >= 11 is 0. The van der Waals surface area contributed by atoms with E-state index in [0.29, 0.717) is 5.92 Å². The van der Waals surface area contributed by atoms with Crippen molar-refractivity contribution >= 4 is 5.91 Å². The number of nitrogens with zero attached hydrogens (tertiary/aromatic N) is 1. The summed E-state index contributed by atoms with van der Waals surface area (Å²) in [6.45, 7) is 6.34. The Hall–Kier alpha value is -0.570. The Morgan fingerprint density at radius 3 is 2.41 bits per heavy atom. The Bertz CT molecular complexity index is 284. The van der Waals surface area contributed by atoms with Crippen molar-refractivity contribution in [3.63, 3.8) is 0 Å². The summed E-state index contributed by atoms with van der Waals surface area (Å²) in [6, 6.07) is 0. The predicted molar refractivity (Wildman–Crippen MR) is 69.5 cm³/mol. The lowest BCUT2D eigenvalue weighted by atomic mass is 9.80. The third-order valence-electron chi connectivity index (χ3n) is 4.79. The van der Waals surface area contributed by atoms with E-state index in [2.05, 4.69) is 13.8 Å². The van der Waals surface area contributed by atoms with Crippen LogP contribution in [0.15, 0.2) is 0 Å². The number of hydrogen-bond acceptors (Lipinski definition) is 2. The summed E-state index contributed by atoms with van der Waals surface area (Å²) in [7, 11) is 0. The number of likely N-dealkylation sites (tertiary alicyclic amines) is 1. The molecular formula is C14H26N2O. The zero-order valence-electron chi connectivity index (χ0n) is 11.2. The highest BCUT2D eigenvalue weighted by Gasteiger charge is 2.39. The van der Waals surface area contributed by atoms with E-state index in [-0.39, 0.29) is 5.91 Å². The van der Waals surface area contributed by atoms with Crippen molar-refractivity contribution in [2.75, 3.05) is 13.1 Å². The Balaban J connectivity index is 1.99. The molecule has 1 aliphatic heterocycles. The summed E-state index contributed by atoms with van der Waals surface area (Å²) < 4.78 is 0. The van der Waals surface area contributed by atoms with Gasteiger partial charge in [0.15, 0.2) is 0 Å². The van der Waals surface area contributed by atoms with Crippen LogP contribution in [0.1, 0.15) is 52.4 Å². The minimum atomic E-state index is -0.543. The number of nitrogens with two attached hydrogens (primary N) is 1. The lowest BCUT2D eigenvalue weighted by Crippen LogP contribution is -2.58. The minimum absolute atomic E-state index is 0.218. The van der Waals surface area contributed by atoms with Gasteiger partial charge in [0.2, 0.25) is 5.91 Å². The van der Waals surface area contributed by atoms with Crippen molar-refractivity contribution in [1.82, 2.24) is 4.90 Å². The average molecular weight is 238 g/mol. The van der Waals surface area contributed by atoms with Crippen LogP contribution in [0.4, 0.5) is 0 Å². The SMILES string of the molecule is CC1CCN(C(=O)C2(N)CCCCC2)CC1C. The van der Waals surface area contributed by atoms with Gasteiger partial charge in [-0.05, 0) is 31.1 Å². The molecule has 3 heteroatoms. The number of amides is 1. The van der Waals surface area contributed by atoms with Crippen molar-refractivity contribution < 1.29 is 4.79 Å². The Morgan fingerprint density at radius 2 is 1.82 bits per heavy atom. The fourth-order valence-corrected chi connectivity index (χ4v) is 3.16. The van der Waals surface area contributed by atoms with E-state index < -0.39 is 5.54 Å². The molecule has 17 heavy (non-hydrogen) atoms. The molecule has 2 unspecified atom stereocenters. The standard InChI is InChI=1S/C14H26N2O/c1-11-6-9-16(10-12(11)2)13(17)14(15)7-4-3-5-8-14/h11-12H,3-10,15H2,1-2H3. The second-order valence-corrected chi connectivity index (χ2v) is 6.21. The van der Waals surface area contributed by atoms with E-state index in [4.69, 9.17) is 5.73 Å². The summed E-state index contributed by atoms with van der Waals surface area (Å²) in [4.78, 5) is 14.6. The molecule has 0 spiro atoms. The van der Waals surface area contributed by atoms with E-state index in [9.17, 15) is 4.79 Å². The molecule has 0 aromatic heterocycles. The number of piperidine rings is 1. The Morgan fingerprint density at radius 1 is 1.18 bits per heavy atom. The minimum Gasteiger partial charge on any atom is -0.341 e. The maximum absolute atomic E-state index is 12.5. The van der Waals surface area contributed by atoms with Gasteiger partial charge in [0, 0.05) is 13.1 Å². The highest BCUT2D eigenvalue weighted by Crippen LogP contribution is 2.30. The van der Waals surface area contributed by atoms with Gasteiger partial charge in [-0.2, -0.15) is 0 Å². The van der Waals surface area contributed by atoms with Crippen molar-refractivity contribution in [2.24, 2.45) is 17.6 Å². The third-order valence-corrected chi connectivity index (χ3v) is 4.79. The molecule has 0 radical (unpaired) electrons. The second-order valence-electron chi connectivity index (χ2n) is 6.21. The van der Waals surface area contributed by atoms with E-state index in [1.807, 2.05) is 4.90 Å². The van der Waals surface area contributed by atoms with Crippen molar-refractivity contribution in [2.45, 2.75) is 57.9 Å². The first kappa shape index (κ1) is 12.9. The van der Waals surface area contributed by atoms with Crippen LogP contribution in [-0.4, -0.2) is 29.4 Å². The van der Waals surface area contributed by atoms with E-state index in [1.54, 1.807) is 0 Å². The molecule has 0 aromatic carbocycles. The van der Waals surface area contributed by atoms with Crippen LogP contribution < -0.4 is 5.73 Å². The van der Waals surface area contributed by atoms with Crippen LogP contribution >= 0.6 is 0 Å². The molecule has 0 aromatic rings. The van der Waals surface area contributed by atoms with Crippen LogP contribution in [0.25, 0.3) is 0 Å². The topological polar surface area (TPSA) is 46.3 Å². The van der Waals surface area contributed by atoms with E-state index in [0.717, 1.165) is 51.1 Å². The van der Waals surface area contributed by atoms with E-state index in [1.165, 1.54) is 6.42 Å². The number of hydrogen-bond donors (Lipinski definition) is 1. The molecule has 2 N–H and O–H groups in total. The molecule has 1 saturated carbocycles. The van der Waals surface area contributed by atoms with E-state index >= 15 is 0 Å². The first-order chi connectivity index (χ1) is 8.03. The van der Waals surface area contributed by atoms with Crippen LogP contribution in [0.3, 0.4) is 0 Å². The van der Waals surface area contributed by atoms with Gasteiger partial charge < -0.3 is 10.6 Å². The van der Waals surface area contributed by atoms with Crippen LogP contribution in [0.5, 0.6) is 0 Å². The molecular weight excluding hydrogens is 212 g/mol. The fraction of sp³-hybridized carbons (Fsp3) is 0.929. The van der Waals surface area contributed by atoms with Crippen molar-refractivity contribution in [3.05, 3.63) is 0 Å². The van der Waals surface area contributed by atoms with Gasteiger partial charge in [0.1, 0.15) is 0 Å². The Kier molecular flexibility index (Phi) is 3.76.